The number of aliphatic imine (C=N–C) groups is 1. The van der Waals surface area contributed by atoms with Crippen molar-refractivity contribution in [1.29, 1.82) is 0 Å². The van der Waals surface area contributed by atoms with Gasteiger partial charge in [0, 0.05) is 55.1 Å². The Morgan fingerprint density at radius 1 is 1.26 bits per heavy atom. The third-order valence-corrected chi connectivity index (χ3v) is 6.51. The molecule has 42 heavy (non-hydrogen) atoms. The van der Waals surface area contributed by atoms with Crippen molar-refractivity contribution in [3.8, 4) is 11.1 Å². The number of nitrogens with zero attached hydrogens (tertiary/aromatic N) is 5. The van der Waals surface area contributed by atoms with Gasteiger partial charge in [-0.15, -0.1) is 0 Å². The van der Waals surface area contributed by atoms with Gasteiger partial charge in [0.25, 0.3) is 0 Å². The van der Waals surface area contributed by atoms with Crippen LogP contribution < -0.4 is 21.3 Å². The highest BCUT2D eigenvalue weighted by Gasteiger charge is 2.26. The second-order valence-corrected chi connectivity index (χ2v) is 9.92. The van der Waals surface area contributed by atoms with Crippen LogP contribution in [0.4, 0.5) is 15.1 Å². The van der Waals surface area contributed by atoms with Gasteiger partial charge in [-0.3, -0.25) is 10.1 Å². The molecule has 5 N–H and O–H groups in total. The molecule has 226 valence electrons. The standard InChI is InChI=1S/C27H35FN8O6/c1-17(37)30-9-18(15-41-23-7-2-3-8-40-23)16-42-35-21-13-36(14-21)26-32-11-20(12-33-26)22-6-4-5-19(24(22)28)10-31-25(29)34-27(38)39/h4-6,11-12,18,23H,2-3,7-10,13-16H2,1H3,(H,30,37)(H,38,39)(H3,29,31,34). The van der Waals surface area contributed by atoms with Gasteiger partial charge in [-0.25, -0.2) is 24.1 Å². The number of hydrogen-bond acceptors (Lipinski definition) is 10. The molecule has 0 aliphatic carbocycles. The lowest BCUT2D eigenvalue weighted by molar-refractivity contribution is -0.171. The van der Waals surface area contributed by atoms with Gasteiger partial charge in [0.15, 0.2) is 12.2 Å². The molecule has 2 amide bonds. The first-order valence-electron chi connectivity index (χ1n) is 13.6. The Morgan fingerprint density at radius 2 is 2.05 bits per heavy atom. The van der Waals surface area contributed by atoms with Crippen molar-refractivity contribution in [1.82, 2.24) is 20.6 Å². The summed E-state index contributed by atoms with van der Waals surface area (Å²) in [6.45, 7) is 4.05. The zero-order chi connectivity index (χ0) is 29.9. The summed E-state index contributed by atoms with van der Waals surface area (Å²) >= 11 is 0. The number of nitrogens with one attached hydrogen (secondary N) is 2. The van der Waals surface area contributed by atoms with E-state index in [0.717, 1.165) is 25.0 Å². The van der Waals surface area contributed by atoms with Crippen molar-refractivity contribution in [2.75, 3.05) is 44.4 Å². The second-order valence-electron chi connectivity index (χ2n) is 9.92. The van der Waals surface area contributed by atoms with Crippen LogP contribution in [0.1, 0.15) is 31.7 Å². The molecule has 2 aromatic rings. The maximum atomic E-state index is 15.1. The quantitative estimate of drug-likeness (QED) is 0.162. The predicted octanol–water partition coefficient (Wildman–Crippen LogP) is 1.85. The summed E-state index contributed by atoms with van der Waals surface area (Å²) in [4.78, 5) is 42.0. The summed E-state index contributed by atoms with van der Waals surface area (Å²) < 4.78 is 26.6. The highest BCUT2D eigenvalue weighted by molar-refractivity contribution is 5.98. The Kier molecular flexibility index (Phi) is 10.9. The van der Waals surface area contributed by atoms with Crippen molar-refractivity contribution in [3.05, 3.63) is 42.0 Å². The van der Waals surface area contributed by atoms with Crippen molar-refractivity contribution in [2.24, 2.45) is 21.8 Å². The average molecular weight is 587 g/mol. The summed E-state index contributed by atoms with van der Waals surface area (Å²) in [5, 5.41) is 17.6. The van der Waals surface area contributed by atoms with E-state index >= 15 is 4.39 Å². The number of aromatic nitrogens is 2. The minimum absolute atomic E-state index is 0.0831. The summed E-state index contributed by atoms with van der Waals surface area (Å²) in [5.41, 5.74) is 7.28. The van der Waals surface area contributed by atoms with Gasteiger partial charge in [0.1, 0.15) is 12.4 Å². The molecule has 2 saturated heterocycles. The van der Waals surface area contributed by atoms with Crippen molar-refractivity contribution >= 4 is 29.6 Å². The van der Waals surface area contributed by atoms with E-state index in [9.17, 15) is 9.59 Å². The lowest BCUT2D eigenvalue weighted by atomic mass is 10.0. The van der Waals surface area contributed by atoms with Crippen LogP contribution in [0.25, 0.3) is 11.1 Å². The van der Waals surface area contributed by atoms with E-state index in [-0.39, 0.29) is 48.4 Å². The topological polar surface area (TPSA) is 186 Å². The SMILES string of the molecule is CC(=O)NCC(CON=C1CN(c2ncc(-c3cccc(CN=C(N)NC(=O)O)c3F)cn2)C1)COC1CCCCO1. The number of carbonyl (C=O) groups is 2. The number of rotatable bonds is 12. The number of nitrogens with two attached hydrogens (primary N) is 1. The monoisotopic (exact) mass is 586 g/mol. The van der Waals surface area contributed by atoms with Gasteiger partial charge in [-0.05, 0) is 19.3 Å². The number of carboxylic acid groups (broad SMARTS) is 1. The van der Waals surface area contributed by atoms with E-state index in [4.69, 9.17) is 25.2 Å². The Hall–Kier alpha value is -4.37. The first-order chi connectivity index (χ1) is 20.3. The largest absolute Gasteiger partial charge is 0.465 e. The summed E-state index contributed by atoms with van der Waals surface area (Å²) in [5.74, 6) is -0.589. The van der Waals surface area contributed by atoms with Crippen LogP contribution in [-0.2, 0) is 25.7 Å². The molecule has 2 unspecified atom stereocenters. The van der Waals surface area contributed by atoms with E-state index in [1.165, 1.54) is 25.4 Å². The predicted molar refractivity (Wildman–Crippen MR) is 151 cm³/mol. The number of halogens is 1. The van der Waals surface area contributed by atoms with Crippen LogP contribution in [0, 0.1) is 11.7 Å². The maximum Gasteiger partial charge on any atom is 0.411 e. The third-order valence-electron chi connectivity index (χ3n) is 6.51. The molecular formula is C27H35FN8O6. The molecule has 2 atom stereocenters. The lowest BCUT2D eigenvalue weighted by Gasteiger charge is -2.32. The molecule has 2 aliphatic rings. The molecule has 0 saturated carbocycles. The first-order valence-corrected chi connectivity index (χ1v) is 13.6. The molecule has 2 fully saturated rings. The van der Waals surface area contributed by atoms with Crippen molar-refractivity contribution < 1.29 is 33.4 Å². The number of guanidine groups is 1. The second kappa shape index (κ2) is 15.0. The highest BCUT2D eigenvalue weighted by Crippen LogP contribution is 2.26. The van der Waals surface area contributed by atoms with Gasteiger partial charge < -0.3 is 35.4 Å². The molecule has 4 rings (SSSR count). The molecule has 0 spiro atoms. The molecular weight excluding hydrogens is 551 g/mol. The van der Waals surface area contributed by atoms with Gasteiger partial charge >= 0.3 is 6.09 Å². The molecule has 15 heteroatoms. The molecule has 1 aromatic heterocycles. The fraction of sp³-hybridized carbons (Fsp3) is 0.481. The zero-order valence-electron chi connectivity index (χ0n) is 23.3. The van der Waals surface area contributed by atoms with Crippen LogP contribution in [0.5, 0.6) is 0 Å². The van der Waals surface area contributed by atoms with Crippen LogP contribution in [0.3, 0.4) is 0 Å². The van der Waals surface area contributed by atoms with Gasteiger partial charge in [0.05, 0.1) is 32.0 Å². The van der Waals surface area contributed by atoms with E-state index in [2.05, 4.69) is 25.4 Å². The average Bonchev–Trinajstić information content (AvgIpc) is 2.95. The normalized spacial score (nSPS) is 17.7. The maximum absolute atomic E-state index is 15.1. The Bertz CT molecular complexity index is 1280. The van der Waals surface area contributed by atoms with Crippen LogP contribution in [0.2, 0.25) is 0 Å². The number of hydrogen-bond donors (Lipinski definition) is 4. The zero-order valence-corrected chi connectivity index (χ0v) is 23.3. The minimum atomic E-state index is -1.35. The summed E-state index contributed by atoms with van der Waals surface area (Å²) in [6, 6.07) is 4.79. The first kappa shape index (κ1) is 30.6. The van der Waals surface area contributed by atoms with Gasteiger partial charge in [0.2, 0.25) is 11.9 Å². The fourth-order valence-corrected chi connectivity index (χ4v) is 4.24. The minimum Gasteiger partial charge on any atom is -0.465 e. The lowest BCUT2D eigenvalue weighted by Crippen LogP contribution is -2.48. The number of benzene rings is 1. The Labute approximate surface area is 242 Å². The van der Waals surface area contributed by atoms with Gasteiger partial charge in [-0.2, -0.15) is 0 Å². The molecule has 0 radical (unpaired) electrons. The molecule has 3 heterocycles. The Balaban J connectivity index is 1.27. The molecule has 1 aromatic carbocycles. The van der Waals surface area contributed by atoms with E-state index in [0.29, 0.717) is 44.4 Å². The van der Waals surface area contributed by atoms with Crippen LogP contribution in [-0.4, -0.2) is 84.5 Å². The van der Waals surface area contributed by atoms with E-state index in [1.54, 1.807) is 12.1 Å². The summed E-state index contributed by atoms with van der Waals surface area (Å²) in [6.07, 6.45) is 4.45. The van der Waals surface area contributed by atoms with Gasteiger partial charge in [-0.1, -0.05) is 23.4 Å². The van der Waals surface area contributed by atoms with Crippen LogP contribution in [0.15, 0.2) is 40.7 Å². The van der Waals surface area contributed by atoms with Crippen molar-refractivity contribution in [3.63, 3.8) is 0 Å². The molecule has 2 aliphatic heterocycles. The smallest absolute Gasteiger partial charge is 0.411 e. The number of oxime groups is 1. The Morgan fingerprint density at radius 3 is 2.74 bits per heavy atom. The highest BCUT2D eigenvalue weighted by atomic mass is 19.1. The third kappa shape index (κ3) is 9.07. The van der Waals surface area contributed by atoms with E-state index < -0.39 is 11.9 Å². The van der Waals surface area contributed by atoms with E-state index in [1.807, 2.05) is 10.2 Å². The number of amides is 2. The fourth-order valence-electron chi connectivity index (χ4n) is 4.24. The number of carbonyl (C=O) groups excluding carboxylic acids is 1. The van der Waals surface area contributed by atoms with Crippen molar-refractivity contribution in [2.45, 2.75) is 39.0 Å². The number of anilines is 1. The number of ether oxygens (including phenoxy) is 2. The molecule has 0 bridgehead atoms. The molecule has 14 nitrogen and oxygen atoms in total. The summed E-state index contributed by atoms with van der Waals surface area (Å²) in [7, 11) is 0. The van der Waals surface area contributed by atoms with Crippen LogP contribution >= 0.6 is 0 Å².